The number of benzene rings is 6. The molecule has 1 atom stereocenters. The Hall–Kier alpha value is -4.24. The van der Waals surface area contributed by atoms with E-state index < -0.39 is 17.9 Å². The highest BCUT2D eigenvalue weighted by Crippen LogP contribution is 2.36. The number of carbonyl (C=O) groups excluding carboxylic acids is 2. The summed E-state index contributed by atoms with van der Waals surface area (Å²) < 4.78 is 4.82. The molecular weight excluding hydrogens is 408 g/mol. The maximum atomic E-state index is 12.2. The Balaban J connectivity index is 1.48. The van der Waals surface area contributed by atoms with Crippen LogP contribution in [0.2, 0.25) is 0 Å². The molecule has 1 aliphatic rings. The highest BCUT2D eigenvalue weighted by Gasteiger charge is 2.35. The first-order chi connectivity index (χ1) is 16.1. The van der Waals surface area contributed by atoms with Crippen molar-refractivity contribution in [1.29, 1.82) is 0 Å². The Kier molecular flexibility index (Phi) is 3.68. The second-order valence-electron chi connectivity index (χ2n) is 8.92. The molecule has 6 aromatic rings. The van der Waals surface area contributed by atoms with Crippen LogP contribution in [0.15, 0.2) is 91.0 Å². The molecule has 1 aliphatic heterocycles. The minimum atomic E-state index is -0.531. The summed E-state index contributed by atoms with van der Waals surface area (Å²) in [5.41, 5.74) is 0.857. The molecule has 7 rings (SSSR count). The van der Waals surface area contributed by atoms with E-state index in [1.54, 1.807) is 0 Å². The van der Waals surface area contributed by atoms with E-state index in [0.717, 1.165) is 27.1 Å². The van der Waals surface area contributed by atoms with Gasteiger partial charge in [-0.1, -0.05) is 42.5 Å². The molecule has 0 spiro atoms. The molecular formula is C30H18O3. The number of hydrogen-bond donors (Lipinski definition) is 0. The summed E-state index contributed by atoms with van der Waals surface area (Å²) in [6.45, 7) is 0. The van der Waals surface area contributed by atoms with Crippen molar-refractivity contribution in [2.45, 2.75) is 12.3 Å². The molecule has 1 fully saturated rings. The van der Waals surface area contributed by atoms with Crippen molar-refractivity contribution in [1.82, 2.24) is 0 Å². The minimum absolute atomic E-state index is 0.105. The maximum absolute atomic E-state index is 12.2. The Bertz CT molecular complexity index is 1810. The fourth-order valence-corrected chi connectivity index (χ4v) is 5.26. The largest absolute Gasteiger partial charge is 0.393 e. The lowest BCUT2D eigenvalue weighted by Crippen LogP contribution is -2.06. The SMILES string of the molecule is O=C1CC(c2cccc3cc4cc5cc6cc7ccccc7cc6cc5cc4cc23)C(=O)O1. The van der Waals surface area contributed by atoms with Crippen LogP contribution < -0.4 is 0 Å². The highest BCUT2D eigenvalue weighted by atomic mass is 16.6. The summed E-state index contributed by atoms with van der Waals surface area (Å²) in [6.07, 6.45) is 0.105. The van der Waals surface area contributed by atoms with E-state index in [0.29, 0.717) is 0 Å². The summed E-state index contributed by atoms with van der Waals surface area (Å²) in [5.74, 6) is -1.44. The summed E-state index contributed by atoms with van der Waals surface area (Å²) in [6, 6.07) is 32.1. The van der Waals surface area contributed by atoms with Crippen molar-refractivity contribution in [2.24, 2.45) is 0 Å². The van der Waals surface area contributed by atoms with Gasteiger partial charge in [-0.2, -0.15) is 0 Å². The van der Waals surface area contributed by atoms with E-state index in [1.165, 1.54) is 32.3 Å². The van der Waals surface area contributed by atoms with Crippen molar-refractivity contribution in [2.75, 3.05) is 0 Å². The second-order valence-corrected chi connectivity index (χ2v) is 8.92. The lowest BCUT2D eigenvalue weighted by atomic mass is 9.90. The molecule has 1 unspecified atom stereocenters. The van der Waals surface area contributed by atoms with Gasteiger partial charge in [0, 0.05) is 0 Å². The monoisotopic (exact) mass is 426 g/mol. The minimum Gasteiger partial charge on any atom is -0.393 e. The third-order valence-corrected chi connectivity index (χ3v) is 6.89. The van der Waals surface area contributed by atoms with Gasteiger partial charge < -0.3 is 4.74 Å². The molecule has 0 aliphatic carbocycles. The zero-order valence-corrected chi connectivity index (χ0v) is 17.7. The van der Waals surface area contributed by atoms with Crippen LogP contribution in [0.1, 0.15) is 17.9 Å². The molecule has 1 heterocycles. The molecule has 0 N–H and O–H groups in total. The maximum Gasteiger partial charge on any atom is 0.321 e. The van der Waals surface area contributed by atoms with Gasteiger partial charge in [0.15, 0.2) is 0 Å². The summed E-state index contributed by atoms with van der Waals surface area (Å²) >= 11 is 0. The number of fused-ring (bicyclic) bond motifs is 5. The van der Waals surface area contributed by atoms with E-state index >= 15 is 0 Å². The van der Waals surface area contributed by atoms with Crippen molar-refractivity contribution in [3.05, 3.63) is 96.6 Å². The standard InChI is InChI=1S/C30H18O3/c31-29-16-28(30(32)33-29)26-7-3-6-19-10-22-13-23-11-20-8-17-4-1-2-5-18(17)9-21(20)12-24(23)14-25(22)15-27(19)26/h1-15,28H,16H2. The first kappa shape index (κ1) is 18.3. The smallest absolute Gasteiger partial charge is 0.321 e. The number of carbonyl (C=O) groups is 2. The Labute approximate surface area is 189 Å². The van der Waals surface area contributed by atoms with Crippen LogP contribution in [0.3, 0.4) is 0 Å². The van der Waals surface area contributed by atoms with Gasteiger partial charge in [0.25, 0.3) is 0 Å². The first-order valence-electron chi connectivity index (χ1n) is 11.1. The van der Waals surface area contributed by atoms with Gasteiger partial charge in [-0.3, -0.25) is 9.59 Å². The lowest BCUT2D eigenvalue weighted by molar-refractivity contribution is -0.152. The van der Waals surface area contributed by atoms with Gasteiger partial charge in [0.2, 0.25) is 0 Å². The summed E-state index contributed by atoms with van der Waals surface area (Å²) in [4.78, 5) is 23.9. The van der Waals surface area contributed by atoms with Crippen LogP contribution in [0.4, 0.5) is 0 Å². The van der Waals surface area contributed by atoms with Crippen molar-refractivity contribution in [3.8, 4) is 0 Å². The lowest BCUT2D eigenvalue weighted by Gasteiger charge is -2.12. The number of hydrogen-bond acceptors (Lipinski definition) is 3. The number of esters is 2. The number of rotatable bonds is 1. The fraction of sp³-hybridized carbons (Fsp3) is 0.0667. The van der Waals surface area contributed by atoms with Crippen molar-refractivity contribution >= 4 is 65.8 Å². The Morgan fingerprint density at radius 1 is 0.545 bits per heavy atom. The van der Waals surface area contributed by atoms with E-state index in [1.807, 2.05) is 12.1 Å². The molecule has 0 radical (unpaired) electrons. The Morgan fingerprint density at radius 2 is 1.03 bits per heavy atom. The van der Waals surface area contributed by atoms with Gasteiger partial charge in [0.05, 0.1) is 12.3 Å². The van der Waals surface area contributed by atoms with E-state index in [9.17, 15) is 9.59 Å². The van der Waals surface area contributed by atoms with Gasteiger partial charge in [-0.15, -0.1) is 0 Å². The van der Waals surface area contributed by atoms with Gasteiger partial charge in [-0.25, -0.2) is 0 Å². The number of ether oxygens (including phenoxy) is 1. The molecule has 3 heteroatoms. The Morgan fingerprint density at radius 3 is 1.58 bits per heavy atom. The van der Waals surface area contributed by atoms with Crippen LogP contribution in [-0.4, -0.2) is 11.9 Å². The highest BCUT2D eigenvalue weighted by molar-refractivity contribution is 6.11. The fourth-order valence-electron chi connectivity index (χ4n) is 5.26. The molecule has 156 valence electrons. The first-order valence-corrected chi connectivity index (χ1v) is 11.1. The van der Waals surface area contributed by atoms with Crippen LogP contribution in [0.5, 0.6) is 0 Å². The third-order valence-electron chi connectivity index (χ3n) is 6.89. The van der Waals surface area contributed by atoms with E-state index in [4.69, 9.17) is 4.74 Å². The van der Waals surface area contributed by atoms with Crippen LogP contribution in [-0.2, 0) is 14.3 Å². The van der Waals surface area contributed by atoms with E-state index in [-0.39, 0.29) is 6.42 Å². The van der Waals surface area contributed by atoms with Crippen molar-refractivity contribution in [3.63, 3.8) is 0 Å². The van der Waals surface area contributed by atoms with Crippen LogP contribution >= 0.6 is 0 Å². The number of cyclic esters (lactones) is 2. The molecule has 1 saturated heterocycles. The van der Waals surface area contributed by atoms with Gasteiger partial charge >= 0.3 is 11.9 Å². The average Bonchev–Trinajstić information content (AvgIpc) is 3.15. The topological polar surface area (TPSA) is 43.4 Å². The van der Waals surface area contributed by atoms with Crippen LogP contribution in [0, 0.1) is 0 Å². The normalized spacial score (nSPS) is 16.4. The summed E-state index contributed by atoms with van der Waals surface area (Å²) in [5, 5.41) is 11.6. The predicted octanol–water partition coefficient (Wildman–Crippen LogP) is 7.01. The molecule has 0 aromatic heterocycles. The predicted molar refractivity (Wildman–Crippen MR) is 132 cm³/mol. The molecule has 0 bridgehead atoms. The average molecular weight is 426 g/mol. The third kappa shape index (κ3) is 2.82. The van der Waals surface area contributed by atoms with Gasteiger partial charge in [0.1, 0.15) is 0 Å². The zero-order valence-electron chi connectivity index (χ0n) is 17.7. The van der Waals surface area contributed by atoms with E-state index in [2.05, 4.69) is 78.9 Å². The molecule has 33 heavy (non-hydrogen) atoms. The molecule has 0 amide bonds. The molecule has 3 nitrogen and oxygen atoms in total. The van der Waals surface area contributed by atoms with Crippen LogP contribution in [0.25, 0.3) is 53.9 Å². The second kappa shape index (κ2) is 6.63. The quantitative estimate of drug-likeness (QED) is 0.161. The zero-order chi connectivity index (χ0) is 22.1. The van der Waals surface area contributed by atoms with Crippen molar-refractivity contribution < 1.29 is 14.3 Å². The molecule has 6 aromatic carbocycles. The summed E-state index contributed by atoms with van der Waals surface area (Å²) in [7, 11) is 0. The molecule has 0 saturated carbocycles. The van der Waals surface area contributed by atoms with Gasteiger partial charge in [-0.05, 0) is 108 Å².